The highest BCUT2D eigenvalue weighted by Gasteiger charge is 2.17. The summed E-state index contributed by atoms with van der Waals surface area (Å²) in [5.74, 6) is -1.61. The van der Waals surface area contributed by atoms with E-state index in [1.807, 2.05) is 0 Å². The number of halogens is 3. The van der Waals surface area contributed by atoms with Crippen LogP contribution in [0, 0.1) is 12.9 Å². The Labute approximate surface area is 96.6 Å². The van der Waals surface area contributed by atoms with E-state index in [4.69, 9.17) is 0 Å². The Morgan fingerprint density at radius 2 is 2.18 bits per heavy atom. The van der Waals surface area contributed by atoms with E-state index < -0.39 is 23.9 Å². The molecule has 94 valence electrons. The molecular weight excluding hydrogens is 235 g/mol. The van der Waals surface area contributed by atoms with Gasteiger partial charge in [0.2, 0.25) is 5.95 Å². The van der Waals surface area contributed by atoms with Crippen molar-refractivity contribution in [2.24, 2.45) is 0 Å². The van der Waals surface area contributed by atoms with E-state index in [0.29, 0.717) is 0 Å². The van der Waals surface area contributed by atoms with E-state index >= 15 is 0 Å². The monoisotopic (exact) mass is 247 g/mol. The number of esters is 1. The van der Waals surface area contributed by atoms with E-state index in [-0.39, 0.29) is 24.3 Å². The van der Waals surface area contributed by atoms with Gasteiger partial charge < -0.3 is 4.74 Å². The van der Waals surface area contributed by atoms with E-state index in [1.54, 1.807) is 6.92 Å². The standard InChI is InChI=1S/C11H12F3NO2/c1-3-17-9(16)5-7-4-8(10(12)13)6(2)11(14)15-7/h4,10H,3,5H2,1-2H3. The number of pyridine rings is 1. The van der Waals surface area contributed by atoms with Crippen LogP contribution < -0.4 is 0 Å². The van der Waals surface area contributed by atoms with Crippen molar-refractivity contribution < 1.29 is 22.7 Å². The molecule has 1 aromatic rings. The predicted octanol–water partition coefficient (Wildman–Crippen LogP) is 2.57. The lowest BCUT2D eigenvalue weighted by Gasteiger charge is -2.08. The van der Waals surface area contributed by atoms with Crippen molar-refractivity contribution >= 4 is 5.97 Å². The van der Waals surface area contributed by atoms with Crippen LogP contribution in [0.15, 0.2) is 6.07 Å². The molecule has 0 fully saturated rings. The molecule has 6 heteroatoms. The van der Waals surface area contributed by atoms with Gasteiger partial charge in [0.1, 0.15) is 0 Å². The van der Waals surface area contributed by atoms with Gasteiger partial charge in [0.15, 0.2) is 0 Å². The largest absolute Gasteiger partial charge is 0.466 e. The molecule has 0 aromatic carbocycles. The second-order valence-corrected chi connectivity index (χ2v) is 3.40. The van der Waals surface area contributed by atoms with Gasteiger partial charge in [-0.2, -0.15) is 4.39 Å². The number of hydrogen-bond acceptors (Lipinski definition) is 3. The lowest BCUT2D eigenvalue weighted by atomic mass is 10.1. The third kappa shape index (κ3) is 3.44. The number of aromatic nitrogens is 1. The molecule has 0 aliphatic heterocycles. The Hall–Kier alpha value is -1.59. The van der Waals surface area contributed by atoms with Crippen LogP contribution in [0.4, 0.5) is 13.2 Å². The highest BCUT2D eigenvalue weighted by molar-refractivity contribution is 5.72. The van der Waals surface area contributed by atoms with Crippen LogP contribution in [0.5, 0.6) is 0 Å². The maximum atomic E-state index is 13.2. The van der Waals surface area contributed by atoms with E-state index in [0.717, 1.165) is 6.07 Å². The van der Waals surface area contributed by atoms with Gasteiger partial charge in [-0.1, -0.05) is 0 Å². The zero-order valence-corrected chi connectivity index (χ0v) is 9.47. The van der Waals surface area contributed by atoms with Crippen LogP contribution in [0.25, 0.3) is 0 Å². The Morgan fingerprint density at radius 1 is 1.53 bits per heavy atom. The fourth-order valence-electron chi connectivity index (χ4n) is 1.33. The first-order chi connectivity index (χ1) is 7.95. The summed E-state index contributed by atoms with van der Waals surface area (Å²) in [5.41, 5.74) is -0.703. The molecule has 0 N–H and O–H groups in total. The van der Waals surface area contributed by atoms with Crippen molar-refractivity contribution in [1.29, 1.82) is 0 Å². The summed E-state index contributed by atoms with van der Waals surface area (Å²) in [6, 6.07) is 1.03. The van der Waals surface area contributed by atoms with Gasteiger partial charge in [-0.25, -0.2) is 13.8 Å². The molecule has 0 saturated carbocycles. The number of nitrogens with zero attached hydrogens (tertiary/aromatic N) is 1. The number of carbonyl (C=O) groups excluding carboxylic acids is 1. The third-order valence-corrected chi connectivity index (χ3v) is 2.17. The summed E-state index contributed by atoms with van der Waals surface area (Å²) in [5, 5.41) is 0. The minimum absolute atomic E-state index is 0.0538. The molecular formula is C11H12F3NO2. The molecule has 0 aliphatic rings. The van der Waals surface area contributed by atoms with E-state index in [2.05, 4.69) is 9.72 Å². The highest BCUT2D eigenvalue weighted by atomic mass is 19.3. The van der Waals surface area contributed by atoms with Crippen molar-refractivity contribution in [2.45, 2.75) is 26.7 Å². The Kier molecular flexibility index (Phi) is 4.48. The van der Waals surface area contributed by atoms with Crippen LogP contribution in [-0.4, -0.2) is 17.6 Å². The van der Waals surface area contributed by atoms with Crippen LogP contribution >= 0.6 is 0 Å². The van der Waals surface area contributed by atoms with Crippen LogP contribution in [0.1, 0.15) is 30.2 Å². The third-order valence-electron chi connectivity index (χ3n) is 2.17. The molecule has 17 heavy (non-hydrogen) atoms. The lowest BCUT2D eigenvalue weighted by Crippen LogP contribution is -2.11. The molecule has 0 amide bonds. The molecule has 0 spiro atoms. The molecule has 0 aliphatic carbocycles. The number of alkyl halides is 2. The fourth-order valence-corrected chi connectivity index (χ4v) is 1.33. The molecule has 0 radical (unpaired) electrons. The number of ether oxygens (including phenoxy) is 1. The first kappa shape index (κ1) is 13.5. The number of carbonyl (C=O) groups is 1. The van der Waals surface area contributed by atoms with Crippen LogP contribution in [0.2, 0.25) is 0 Å². The Bertz CT molecular complexity index is 421. The smallest absolute Gasteiger partial charge is 0.311 e. The van der Waals surface area contributed by atoms with Crippen molar-refractivity contribution in [3.05, 3.63) is 28.8 Å². The number of rotatable bonds is 4. The first-order valence-electron chi connectivity index (χ1n) is 5.05. The van der Waals surface area contributed by atoms with Gasteiger partial charge in [0.25, 0.3) is 6.43 Å². The van der Waals surface area contributed by atoms with Crippen molar-refractivity contribution in [3.8, 4) is 0 Å². The molecule has 0 atom stereocenters. The van der Waals surface area contributed by atoms with Gasteiger partial charge in [0, 0.05) is 11.1 Å². The molecule has 0 bridgehead atoms. The summed E-state index contributed by atoms with van der Waals surface area (Å²) in [7, 11) is 0. The lowest BCUT2D eigenvalue weighted by molar-refractivity contribution is -0.142. The van der Waals surface area contributed by atoms with Gasteiger partial charge in [-0.15, -0.1) is 0 Å². The van der Waals surface area contributed by atoms with Crippen LogP contribution in [-0.2, 0) is 16.0 Å². The quantitative estimate of drug-likeness (QED) is 0.606. The van der Waals surface area contributed by atoms with Crippen molar-refractivity contribution in [1.82, 2.24) is 4.98 Å². The summed E-state index contributed by atoms with van der Waals surface area (Å²) in [6.45, 7) is 3.01. The molecule has 1 rings (SSSR count). The average molecular weight is 247 g/mol. The molecule has 1 heterocycles. The van der Waals surface area contributed by atoms with Crippen molar-refractivity contribution in [3.63, 3.8) is 0 Å². The van der Waals surface area contributed by atoms with Gasteiger partial charge in [-0.3, -0.25) is 4.79 Å². The predicted molar refractivity (Wildman–Crippen MR) is 54.2 cm³/mol. The maximum Gasteiger partial charge on any atom is 0.311 e. The molecule has 1 aromatic heterocycles. The minimum atomic E-state index is -2.80. The minimum Gasteiger partial charge on any atom is -0.466 e. The normalized spacial score (nSPS) is 10.7. The Morgan fingerprint density at radius 3 is 2.71 bits per heavy atom. The van der Waals surface area contributed by atoms with Gasteiger partial charge in [0.05, 0.1) is 18.7 Å². The second-order valence-electron chi connectivity index (χ2n) is 3.40. The first-order valence-corrected chi connectivity index (χ1v) is 5.05. The van der Waals surface area contributed by atoms with Gasteiger partial charge >= 0.3 is 5.97 Å². The van der Waals surface area contributed by atoms with Crippen LogP contribution in [0.3, 0.4) is 0 Å². The number of hydrogen-bond donors (Lipinski definition) is 0. The van der Waals surface area contributed by atoms with E-state index in [1.165, 1.54) is 6.92 Å². The zero-order chi connectivity index (χ0) is 13.0. The molecule has 0 unspecified atom stereocenters. The molecule has 0 saturated heterocycles. The fraction of sp³-hybridized carbons (Fsp3) is 0.455. The Balaban J connectivity index is 2.98. The second kappa shape index (κ2) is 5.65. The highest BCUT2D eigenvalue weighted by Crippen LogP contribution is 2.24. The zero-order valence-electron chi connectivity index (χ0n) is 9.47. The average Bonchev–Trinajstić information content (AvgIpc) is 2.23. The van der Waals surface area contributed by atoms with Gasteiger partial charge in [-0.05, 0) is 19.9 Å². The van der Waals surface area contributed by atoms with E-state index in [9.17, 15) is 18.0 Å². The summed E-state index contributed by atoms with van der Waals surface area (Å²) in [4.78, 5) is 14.6. The van der Waals surface area contributed by atoms with Crippen molar-refractivity contribution in [2.75, 3.05) is 6.61 Å². The summed E-state index contributed by atoms with van der Waals surface area (Å²) < 4.78 is 43.0. The molecule has 3 nitrogen and oxygen atoms in total. The summed E-state index contributed by atoms with van der Waals surface area (Å²) in [6.07, 6.45) is -3.11. The summed E-state index contributed by atoms with van der Waals surface area (Å²) >= 11 is 0. The maximum absolute atomic E-state index is 13.2. The topological polar surface area (TPSA) is 39.2 Å². The SMILES string of the molecule is CCOC(=O)Cc1cc(C(F)F)c(C)c(F)n1.